The first kappa shape index (κ1) is 22.0. The topological polar surface area (TPSA) is 74.3 Å². The zero-order valence-corrected chi connectivity index (χ0v) is 17.9. The number of nitrogens with one attached hydrogen (secondary N) is 2. The second-order valence-corrected chi connectivity index (χ2v) is 7.66. The Morgan fingerprint density at radius 2 is 1.68 bits per heavy atom. The van der Waals surface area contributed by atoms with Crippen molar-refractivity contribution in [1.29, 1.82) is 0 Å². The fourth-order valence-electron chi connectivity index (χ4n) is 3.16. The number of benzene rings is 2. The van der Waals surface area contributed by atoms with Crippen molar-refractivity contribution in [2.45, 2.75) is 39.4 Å². The molecule has 0 aliphatic rings. The third-order valence-electron chi connectivity index (χ3n) is 4.64. The number of carbonyl (C=O) groups excluding carboxylic acids is 2. The van der Waals surface area contributed by atoms with Crippen LogP contribution in [0, 0.1) is 0 Å². The highest BCUT2D eigenvalue weighted by Gasteiger charge is 2.18. The van der Waals surface area contributed by atoms with Gasteiger partial charge in [0.15, 0.2) is 0 Å². The molecule has 0 aliphatic carbocycles. The van der Waals surface area contributed by atoms with Crippen molar-refractivity contribution in [1.82, 2.24) is 15.6 Å². The van der Waals surface area contributed by atoms with Gasteiger partial charge < -0.3 is 10.6 Å². The summed E-state index contributed by atoms with van der Waals surface area (Å²) in [6, 6.07) is 21.0. The van der Waals surface area contributed by atoms with E-state index in [1.54, 1.807) is 17.3 Å². The summed E-state index contributed by atoms with van der Waals surface area (Å²) in [5.74, 6) is -0.0813. The van der Waals surface area contributed by atoms with Gasteiger partial charge in [-0.2, -0.15) is 0 Å². The molecule has 6 heteroatoms. The molecule has 0 bridgehead atoms. The van der Waals surface area contributed by atoms with Gasteiger partial charge in [-0.3, -0.25) is 14.7 Å². The SMILES string of the molecule is CC(C)NC(=O)N(Cc1ccccc1)c1cccc(CC(=O)NCc2cccnc2)c1. The number of amides is 3. The smallest absolute Gasteiger partial charge is 0.322 e. The van der Waals surface area contributed by atoms with Crippen molar-refractivity contribution in [3.8, 4) is 0 Å². The fraction of sp³-hybridized carbons (Fsp3) is 0.240. The quantitative estimate of drug-likeness (QED) is 0.581. The predicted molar refractivity (Wildman–Crippen MR) is 123 cm³/mol. The minimum atomic E-state index is -0.169. The van der Waals surface area contributed by atoms with Gasteiger partial charge in [-0.05, 0) is 48.7 Å². The largest absolute Gasteiger partial charge is 0.352 e. The monoisotopic (exact) mass is 416 g/mol. The minimum Gasteiger partial charge on any atom is -0.352 e. The van der Waals surface area contributed by atoms with E-state index in [0.29, 0.717) is 13.1 Å². The lowest BCUT2D eigenvalue weighted by atomic mass is 10.1. The first-order chi connectivity index (χ1) is 15.0. The van der Waals surface area contributed by atoms with E-state index in [4.69, 9.17) is 0 Å². The lowest BCUT2D eigenvalue weighted by Crippen LogP contribution is -2.42. The number of hydrogen-bond acceptors (Lipinski definition) is 3. The molecule has 160 valence electrons. The Bertz CT molecular complexity index is 991. The molecule has 3 amide bonds. The molecule has 0 unspecified atom stereocenters. The minimum absolute atomic E-state index is 0.0206. The van der Waals surface area contributed by atoms with Crippen LogP contribution in [0.5, 0.6) is 0 Å². The van der Waals surface area contributed by atoms with Crippen molar-refractivity contribution in [2.75, 3.05) is 4.90 Å². The summed E-state index contributed by atoms with van der Waals surface area (Å²) in [5, 5.41) is 5.88. The molecule has 1 heterocycles. The van der Waals surface area contributed by atoms with Crippen LogP contribution < -0.4 is 15.5 Å². The van der Waals surface area contributed by atoms with E-state index < -0.39 is 0 Å². The van der Waals surface area contributed by atoms with Gasteiger partial charge in [-0.1, -0.05) is 48.5 Å². The molecule has 3 aromatic rings. The zero-order chi connectivity index (χ0) is 22.1. The second kappa shape index (κ2) is 10.9. The summed E-state index contributed by atoms with van der Waals surface area (Å²) in [5.41, 5.74) is 3.57. The molecule has 0 radical (unpaired) electrons. The summed E-state index contributed by atoms with van der Waals surface area (Å²) in [6.07, 6.45) is 3.67. The Kier molecular flexibility index (Phi) is 7.76. The standard InChI is InChI=1S/C25H28N4O2/c1-19(2)28-25(31)29(18-20-8-4-3-5-9-20)23-12-6-10-21(14-23)15-24(30)27-17-22-11-7-13-26-16-22/h3-14,16,19H,15,17-18H2,1-2H3,(H,27,30)(H,28,31). The number of pyridine rings is 1. The number of anilines is 1. The van der Waals surface area contributed by atoms with E-state index in [-0.39, 0.29) is 24.4 Å². The summed E-state index contributed by atoms with van der Waals surface area (Å²) in [6.45, 7) is 4.74. The third kappa shape index (κ3) is 6.96. The molecular formula is C25H28N4O2. The summed E-state index contributed by atoms with van der Waals surface area (Å²) < 4.78 is 0. The van der Waals surface area contributed by atoms with E-state index >= 15 is 0 Å². The molecule has 2 N–H and O–H groups in total. The summed E-state index contributed by atoms with van der Waals surface area (Å²) >= 11 is 0. The maximum Gasteiger partial charge on any atom is 0.322 e. The third-order valence-corrected chi connectivity index (χ3v) is 4.64. The normalized spacial score (nSPS) is 10.5. The molecule has 0 saturated heterocycles. The molecular weight excluding hydrogens is 388 g/mol. The number of carbonyl (C=O) groups is 2. The lowest BCUT2D eigenvalue weighted by Gasteiger charge is -2.25. The van der Waals surface area contributed by atoms with Crippen LogP contribution in [0.3, 0.4) is 0 Å². The van der Waals surface area contributed by atoms with Crippen molar-refractivity contribution < 1.29 is 9.59 Å². The van der Waals surface area contributed by atoms with Crippen LogP contribution in [0.4, 0.5) is 10.5 Å². The van der Waals surface area contributed by atoms with Gasteiger partial charge in [0.25, 0.3) is 0 Å². The Hall–Kier alpha value is -3.67. The van der Waals surface area contributed by atoms with Crippen LogP contribution in [0.15, 0.2) is 79.1 Å². The molecule has 1 aromatic heterocycles. The van der Waals surface area contributed by atoms with Crippen LogP contribution in [0.2, 0.25) is 0 Å². The Morgan fingerprint density at radius 1 is 0.935 bits per heavy atom. The van der Waals surface area contributed by atoms with E-state index in [9.17, 15) is 9.59 Å². The molecule has 0 atom stereocenters. The average molecular weight is 417 g/mol. The van der Waals surface area contributed by atoms with Crippen molar-refractivity contribution in [3.05, 3.63) is 95.8 Å². The van der Waals surface area contributed by atoms with Gasteiger partial charge in [-0.15, -0.1) is 0 Å². The Balaban J connectivity index is 1.72. The second-order valence-electron chi connectivity index (χ2n) is 7.66. The highest BCUT2D eigenvalue weighted by molar-refractivity contribution is 5.92. The number of rotatable bonds is 8. The maximum atomic E-state index is 12.9. The van der Waals surface area contributed by atoms with Crippen molar-refractivity contribution >= 4 is 17.6 Å². The van der Waals surface area contributed by atoms with Gasteiger partial charge in [0, 0.05) is 30.7 Å². The average Bonchev–Trinajstić information content (AvgIpc) is 2.77. The van der Waals surface area contributed by atoms with Gasteiger partial charge >= 0.3 is 6.03 Å². The molecule has 0 aliphatic heterocycles. The molecule has 0 fully saturated rings. The first-order valence-corrected chi connectivity index (χ1v) is 10.4. The van der Waals surface area contributed by atoms with Crippen LogP contribution in [0.1, 0.15) is 30.5 Å². The Morgan fingerprint density at radius 3 is 2.39 bits per heavy atom. The van der Waals surface area contributed by atoms with Gasteiger partial charge in [0.05, 0.1) is 13.0 Å². The number of hydrogen-bond donors (Lipinski definition) is 2. The van der Waals surface area contributed by atoms with E-state index in [2.05, 4.69) is 15.6 Å². The lowest BCUT2D eigenvalue weighted by molar-refractivity contribution is -0.120. The summed E-state index contributed by atoms with van der Waals surface area (Å²) in [4.78, 5) is 31.0. The van der Waals surface area contributed by atoms with E-state index in [1.807, 2.05) is 80.6 Å². The van der Waals surface area contributed by atoms with Crippen LogP contribution >= 0.6 is 0 Å². The molecule has 0 spiro atoms. The molecule has 3 rings (SSSR count). The number of aromatic nitrogens is 1. The first-order valence-electron chi connectivity index (χ1n) is 10.4. The zero-order valence-electron chi connectivity index (χ0n) is 17.9. The predicted octanol–water partition coefficient (Wildman–Crippen LogP) is 4.07. The highest BCUT2D eigenvalue weighted by Crippen LogP contribution is 2.20. The van der Waals surface area contributed by atoms with Crippen molar-refractivity contribution in [2.24, 2.45) is 0 Å². The van der Waals surface area contributed by atoms with Crippen molar-refractivity contribution in [3.63, 3.8) is 0 Å². The van der Waals surface area contributed by atoms with Crippen LogP contribution in [0.25, 0.3) is 0 Å². The molecule has 0 saturated carbocycles. The molecule has 31 heavy (non-hydrogen) atoms. The van der Waals surface area contributed by atoms with Crippen LogP contribution in [-0.2, 0) is 24.3 Å². The van der Waals surface area contributed by atoms with Gasteiger partial charge in [-0.25, -0.2) is 4.79 Å². The number of urea groups is 1. The highest BCUT2D eigenvalue weighted by atomic mass is 16.2. The number of nitrogens with zero attached hydrogens (tertiary/aromatic N) is 2. The van der Waals surface area contributed by atoms with Gasteiger partial charge in [0.2, 0.25) is 5.91 Å². The van der Waals surface area contributed by atoms with E-state index in [1.165, 1.54) is 0 Å². The maximum absolute atomic E-state index is 12.9. The van der Waals surface area contributed by atoms with E-state index in [0.717, 1.165) is 22.4 Å². The molecule has 2 aromatic carbocycles. The van der Waals surface area contributed by atoms with Gasteiger partial charge in [0.1, 0.15) is 0 Å². The summed E-state index contributed by atoms with van der Waals surface area (Å²) in [7, 11) is 0. The van der Waals surface area contributed by atoms with Crippen LogP contribution in [-0.4, -0.2) is 23.0 Å². The fourth-order valence-corrected chi connectivity index (χ4v) is 3.16. The Labute approximate surface area is 183 Å². The molecule has 6 nitrogen and oxygen atoms in total.